The van der Waals surface area contributed by atoms with E-state index in [-0.39, 0.29) is 0 Å². The first kappa shape index (κ1) is 8.52. The first-order valence-electron chi connectivity index (χ1n) is 3.13. The minimum absolute atomic E-state index is 0.319. The minimum atomic E-state index is 0.319. The molecular formula is H16Si7. The van der Waals surface area contributed by atoms with Crippen LogP contribution in [0.15, 0.2) is 0 Å². The zero-order valence-electron chi connectivity index (χ0n) is 5.86. The molecule has 0 saturated heterocycles. The molecule has 0 spiro atoms. The average molecular weight is 213 g/mol. The normalized spacial score (nSPS) is 22.3. The first-order chi connectivity index (χ1) is 3.13. The monoisotopic (exact) mass is 212 g/mol. The highest BCUT2D eigenvalue weighted by Crippen LogP contribution is 1.62. The van der Waals surface area contributed by atoms with Gasteiger partial charge in [-0.05, 0) is 62.3 Å². The summed E-state index contributed by atoms with van der Waals surface area (Å²) in [6.45, 7) is 0. The van der Waals surface area contributed by atoms with E-state index in [1.54, 1.807) is 39.0 Å². The number of hydrogen-bond acceptors (Lipinski definition) is 0. The highest BCUT2D eigenvalue weighted by molar-refractivity contribution is 7.76. The molecule has 44 valence electrons. The van der Waals surface area contributed by atoms with E-state index in [0.717, 1.165) is 8.55 Å². The maximum absolute atomic E-state index is 1.71. The van der Waals surface area contributed by atoms with Crippen molar-refractivity contribution in [1.29, 1.82) is 0 Å². The second-order valence-corrected chi connectivity index (χ2v) is 81.6. The van der Waals surface area contributed by atoms with Crippen molar-refractivity contribution < 1.29 is 0 Å². The lowest BCUT2D eigenvalue weighted by molar-refractivity contribution is 3.76. The largest absolute Gasteiger partial charge is 0.0115 e. The molecular weight excluding hydrogens is 197 g/mol. The van der Waals surface area contributed by atoms with Crippen LogP contribution < -0.4 is 0 Å². The predicted octanol–water partition coefficient (Wildman–Crippen LogP) is -6.95. The van der Waals surface area contributed by atoms with Crippen molar-refractivity contribution in [3.05, 3.63) is 0 Å². The van der Waals surface area contributed by atoms with Crippen LogP contribution in [0, 0.1) is 0 Å². The molecule has 0 radical (unpaired) electrons. The van der Waals surface area contributed by atoms with Gasteiger partial charge in [0.25, 0.3) is 0 Å². The molecule has 0 atom stereocenters. The zero-order chi connectivity index (χ0) is 5.86. The Bertz CT molecular complexity index is 29.3. The topological polar surface area (TPSA) is 0 Å². The standard InChI is InChI=1S/H16Si7/c1-6(2)5-7(3)4/h6-7H,5H2,1-4H3. The van der Waals surface area contributed by atoms with Crippen LogP contribution in [0.5, 0.6) is 0 Å². The van der Waals surface area contributed by atoms with Crippen LogP contribution in [0.25, 0.3) is 0 Å². The van der Waals surface area contributed by atoms with Crippen molar-refractivity contribution in [2.75, 3.05) is 0 Å². The van der Waals surface area contributed by atoms with Crippen LogP contribution in [0.1, 0.15) is 0 Å². The smallest absolute Gasteiger partial charge is 0.00795 e. The lowest BCUT2D eigenvalue weighted by Gasteiger charge is -2.01. The number of rotatable bonds is 2. The first-order valence-corrected chi connectivity index (χ1v) is 28.1. The van der Waals surface area contributed by atoms with Gasteiger partial charge >= 0.3 is 0 Å². The average Bonchev–Trinajstić information content (AvgIpc) is 1.27. The van der Waals surface area contributed by atoms with Crippen molar-refractivity contribution in [1.82, 2.24) is 0 Å². The van der Waals surface area contributed by atoms with Gasteiger partial charge in [0, 0.05) is 0 Å². The van der Waals surface area contributed by atoms with E-state index in [1.807, 2.05) is 0 Å². The van der Waals surface area contributed by atoms with E-state index in [0.29, 0.717) is 14.7 Å². The Kier molecular flexibility index (Phi) is 5.36. The van der Waals surface area contributed by atoms with Crippen molar-refractivity contribution in [3.63, 3.8) is 0 Å². The third-order valence-electron chi connectivity index (χ3n) is 0.943. The predicted molar refractivity (Wildman–Crippen MR) is 62.6 cm³/mol. The summed E-state index contributed by atoms with van der Waals surface area (Å²) in [5, 5.41) is 0. The highest BCUT2D eigenvalue weighted by atomic mass is 30.1. The van der Waals surface area contributed by atoms with Gasteiger partial charge < -0.3 is 0 Å². The summed E-state index contributed by atoms with van der Waals surface area (Å²) in [7, 11) is 8.28. The molecule has 0 amide bonds. The second kappa shape index (κ2) is 4.40. The van der Waals surface area contributed by atoms with Crippen molar-refractivity contribution >= 4 is 62.3 Å². The molecule has 0 bridgehead atoms. The molecule has 0 N–H and O–H groups in total. The van der Waals surface area contributed by atoms with Gasteiger partial charge in [-0.1, -0.05) is 0 Å². The molecule has 0 aliphatic carbocycles. The highest BCUT2D eigenvalue weighted by Gasteiger charge is 1.99. The van der Waals surface area contributed by atoms with Crippen LogP contribution in [0.4, 0.5) is 0 Å². The van der Waals surface area contributed by atoms with E-state index >= 15 is 0 Å². The summed E-state index contributed by atoms with van der Waals surface area (Å²) in [5.74, 6) is 0. The third kappa shape index (κ3) is 7.52. The van der Waals surface area contributed by atoms with Crippen LogP contribution in [-0.4, -0.2) is 62.3 Å². The van der Waals surface area contributed by atoms with E-state index in [4.69, 9.17) is 0 Å². The summed E-state index contributed by atoms with van der Waals surface area (Å²) in [4.78, 5) is 0. The van der Waals surface area contributed by atoms with Gasteiger partial charge in [-0.3, -0.25) is 0 Å². The van der Waals surface area contributed by atoms with E-state index in [9.17, 15) is 0 Å². The SMILES string of the molecule is [SiH3][SiH]([SiH3])[SiH2][SiH]([SiH3])[SiH3]. The Morgan fingerprint density at radius 3 is 1.14 bits per heavy atom. The Morgan fingerprint density at radius 1 is 0.857 bits per heavy atom. The van der Waals surface area contributed by atoms with Gasteiger partial charge in [-0.15, -0.1) is 0 Å². The summed E-state index contributed by atoms with van der Waals surface area (Å²) in [6.07, 6.45) is 0. The molecule has 0 aromatic rings. The molecule has 0 saturated carbocycles. The molecule has 7 heteroatoms. The summed E-state index contributed by atoms with van der Waals surface area (Å²) in [5.41, 5.74) is 0. The molecule has 0 nitrogen and oxygen atoms in total. The maximum atomic E-state index is 1.71. The van der Waals surface area contributed by atoms with Crippen molar-refractivity contribution in [3.8, 4) is 0 Å². The lowest BCUT2D eigenvalue weighted by Crippen LogP contribution is -2.38. The van der Waals surface area contributed by atoms with Gasteiger partial charge in [0.2, 0.25) is 0 Å². The minimum Gasteiger partial charge on any atom is -0.0115 e. The lowest BCUT2D eigenvalue weighted by atomic mass is 26.1. The van der Waals surface area contributed by atoms with Crippen LogP contribution in [0.2, 0.25) is 0 Å². The van der Waals surface area contributed by atoms with Gasteiger partial charge in [0.05, 0.1) is 0 Å². The van der Waals surface area contributed by atoms with E-state index in [1.165, 1.54) is 0 Å². The van der Waals surface area contributed by atoms with Crippen LogP contribution in [-0.2, 0) is 0 Å². The summed E-state index contributed by atoms with van der Waals surface area (Å²) >= 11 is 0. The Labute approximate surface area is 62.3 Å². The Morgan fingerprint density at radius 2 is 1.14 bits per heavy atom. The van der Waals surface area contributed by atoms with Gasteiger partial charge in [-0.2, -0.15) is 0 Å². The molecule has 0 aliphatic heterocycles. The maximum Gasteiger partial charge on any atom is -0.00795 e. The quantitative estimate of drug-likeness (QED) is 0.400. The summed E-state index contributed by atoms with van der Waals surface area (Å²) < 4.78 is 0. The molecule has 0 fully saturated rings. The fourth-order valence-corrected chi connectivity index (χ4v) is 229. The zero-order valence-corrected chi connectivity index (χ0v) is 17.6. The summed E-state index contributed by atoms with van der Waals surface area (Å²) in [6, 6.07) is 0. The van der Waals surface area contributed by atoms with Gasteiger partial charge in [0.1, 0.15) is 0 Å². The van der Waals surface area contributed by atoms with Crippen molar-refractivity contribution in [2.24, 2.45) is 0 Å². The Hall–Kier alpha value is 1.52. The molecule has 7 heavy (non-hydrogen) atoms. The molecule has 0 aromatic heterocycles. The van der Waals surface area contributed by atoms with Crippen LogP contribution in [0.3, 0.4) is 0 Å². The van der Waals surface area contributed by atoms with Crippen LogP contribution >= 0.6 is 0 Å². The van der Waals surface area contributed by atoms with E-state index in [2.05, 4.69) is 0 Å². The fraction of sp³-hybridized carbons (Fsp3) is 0. The molecule has 0 heterocycles. The Balaban J connectivity index is 2.95. The molecule has 0 aromatic carbocycles. The number of hydrogen-bond donors (Lipinski definition) is 0. The van der Waals surface area contributed by atoms with Crippen molar-refractivity contribution in [2.45, 2.75) is 0 Å². The fourth-order valence-electron chi connectivity index (χ4n) is 0.943. The molecule has 0 unspecified atom stereocenters. The molecule has 0 rings (SSSR count). The van der Waals surface area contributed by atoms with Gasteiger partial charge in [0.15, 0.2) is 0 Å². The van der Waals surface area contributed by atoms with E-state index < -0.39 is 0 Å². The second-order valence-electron chi connectivity index (χ2n) is 3.02. The molecule has 0 aliphatic rings. The van der Waals surface area contributed by atoms with Gasteiger partial charge in [-0.25, -0.2) is 0 Å². The third-order valence-corrected chi connectivity index (χ3v) is 76.4.